The van der Waals surface area contributed by atoms with Crippen molar-refractivity contribution in [1.82, 2.24) is 10.2 Å². The number of piperidine rings is 1. The summed E-state index contributed by atoms with van der Waals surface area (Å²) in [7, 11) is 0. The van der Waals surface area contributed by atoms with Crippen LogP contribution < -0.4 is 10.1 Å². The highest BCUT2D eigenvalue weighted by Gasteiger charge is 2.43. The number of carbonyl (C=O) groups excluding carboxylic acids is 1. The molecule has 2 aromatic carbocycles. The van der Waals surface area contributed by atoms with Crippen molar-refractivity contribution in [3.8, 4) is 5.75 Å². The van der Waals surface area contributed by atoms with E-state index in [0.29, 0.717) is 19.0 Å². The van der Waals surface area contributed by atoms with Crippen LogP contribution in [0.15, 0.2) is 42.5 Å². The predicted octanol–water partition coefficient (Wildman–Crippen LogP) is 4.53. The van der Waals surface area contributed by atoms with Crippen LogP contribution in [-0.2, 0) is 11.3 Å². The maximum atomic E-state index is 13.5. The molecule has 1 saturated carbocycles. The molecule has 6 heteroatoms. The van der Waals surface area contributed by atoms with Crippen molar-refractivity contribution in [2.45, 2.75) is 62.6 Å². The Hall–Kier alpha value is -2.47. The number of amides is 1. The molecule has 4 nitrogen and oxygen atoms in total. The zero-order chi connectivity index (χ0) is 21.4. The summed E-state index contributed by atoms with van der Waals surface area (Å²) >= 11 is 0. The number of nitrogens with one attached hydrogen (secondary N) is 1. The van der Waals surface area contributed by atoms with Crippen LogP contribution in [0.5, 0.6) is 5.75 Å². The van der Waals surface area contributed by atoms with E-state index < -0.39 is 11.6 Å². The first-order valence-corrected chi connectivity index (χ1v) is 11.2. The van der Waals surface area contributed by atoms with Crippen LogP contribution in [0.25, 0.3) is 0 Å². The summed E-state index contributed by atoms with van der Waals surface area (Å²) in [6.45, 7) is 2.24. The van der Waals surface area contributed by atoms with E-state index in [9.17, 15) is 13.6 Å². The van der Waals surface area contributed by atoms with Gasteiger partial charge < -0.3 is 10.1 Å². The van der Waals surface area contributed by atoms with Crippen molar-refractivity contribution in [2.75, 3.05) is 13.1 Å². The van der Waals surface area contributed by atoms with Gasteiger partial charge in [0.25, 0.3) is 0 Å². The molecular formula is C25H28F2N2O2. The van der Waals surface area contributed by atoms with Crippen LogP contribution in [0.1, 0.15) is 55.6 Å². The highest BCUT2D eigenvalue weighted by Crippen LogP contribution is 2.46. The van der Waals surface area contributed by atoms with Crippen molar-refractivity contribution in [3.63, 3.8) is 0 Å². The summed E-state index contributed by atoms with van der Waals surface area (Å²) in [5.74, 6) is -0.429. The molecule has 1 saturated heterocycles. The molecule has 1 amide bonds. The highest BCUT2D eigenvalue weighted by molar-refractivity contribution is 5.77. The van der Waals surface area contributed by atoms with Gasteiger partial charge in [-0.25, -0.2) is 8.78 Å². The van der Waals surface area contributed by atoms with Crippen LogP contribution in [-0.4, -0.2) is 35.5 Å². The maximum absolute atomic E-state index is 13.5. The van der Waals surface area contributed by atoms with E-state index in [4.69, 9.17) is 4.74 Å². The van der Waals surface area contributed by atoms with Crippen molar-refractivity contribution < 1.29 is 18.3 Å². The molecule has 2 aliphatic heterocycles. The number of likely N-dealkylation sites (tertiary alicyclic amines) is 1. The van der Waals surface area contributed by atoms with Gasteiger partial charge in [0.15, 0.2) is 11.6 Å². The number of fused-ring (bicyclic) bond motifs is 1. The predicted molar refractivity (Wildman–Crippen MR) is 114 cm³/mol. The molecule has 5 rings (SSSR count). The minimum atomic E-state index is -0.813. The minimum absolute atomic E-state index is 0.134. The lowest BCUT2D eigenvalue weighted by Gasteiger charge is -2.47. The Morgan fingerprint density at radius 1 is 1.10 bits per heavy atom. The first kappa shape index (κ1) is 20.4. The molecule has 0 radical (unpaired) electrons. The van der Waals surface area contributed by atoms with Gasteiger partial charge in [0.2, 0.25) is 5.91 Å². The molecule has 3 aliphatic rings. The number of rotatable bonds is 5. The van der Waals surface area contributed by atoms with E-state index in [1.54, 1.807) is 6.07 Å². The van der Waals surface area contributed by atoms with E-state index >= 15 is 0 Å². The normalized spacial score (nSPS) is 22.6. The number of ether oxygens (including phenoxy) is 1. The lowest BCUT2D eigenvalue weighted by molar-refractivity contribution is -0.122. The van der Waals surface area contributed by atoms with E-state index in [-0.39, 0.29) is 17.4 Å². The van der Waals surface area contributed by atoms with Crippen LogP contribution in [0.3, 0.4) is 0 Å². The van der Waals surface area contributed by atoms with Crippen molar-refractivity contribution in [3.05, 3.63) is 65.2 Å². The van der Waals surface area contributed by atoms with Crippen LogP contribution >= 0.6 is 0 Å². The number of nitrogens with zero attached hydrogens (tertiary/aromatic N) is 1. The molecule has 164 valence electrons. The molecule has 1 atom stereocenters. The SMILES string of the molecule is O=C(CC1CC2(CCN(Cc3ccc(F)c(F)c3)CC2)Oc2ccccc21)NC1CC1. The van der Waals surface area contributed by atoms with Gasteiger partial charge in [-0.05, 0) is 61.4 Å². The van der Waals surface area contributed by atoms with Crippen molar-refractivity contribution >= 4 is 5.91 Å². The Balaban J connectivity index is 1.26. The Bertz CT molecular complexity index is 968. The monoisotopic (exact) mass is 426 g/mol. The fourth-order valence-corrected chi connectivity index (χ4v) is 4.99. The number of halogens is 2. The largest absolute Gasteiger partial charge is 0.487 e. The lowest BCUT2D eigenvalue weighted by Crippen LogP contribution is -2.50. The summed E-state index contributed by atoms with van der Waals surface area (Å²) < 4.78 is 33.3. The first-order chi connectivity index (χ1) is 15.0. The zero-order valence-corrected chi connectivity index (χ0v) is 17.6. The Morgan fingerprint density at radius 2 is 1.87 bits per heavy atom. The number of para-hydroxylation sites is 1. The van der Waals surface area contributed by atoms with Gasteiger partial charge in [0.05, 0.1) is 0 Å². The Labute approximate surface area is 181 Å². The zero-order valence-electron chi connectivity index (χ0n) is 17.6. The number of hydrogen-bond donors (Lipinski definition) is 1. The average molecular weight is 427 g/mol. The molecule has 1 unspecified atom stereocenters. The topological polar surface area (TPSA) is 41.6 Å². The van der Waals surface area contributed by atoms with E-state index in [0.717, 1.165) is 62.1 Å². The second-order valence-corrected chi connectivity index (χ2v) is 9.29. The molecule has 0 bridgehead atoms. The quantitative estimate of drug-likeness (QED) is 0.764. The second-order valence-electron chi connectivity index (χ2n) is 9.29. The lowest BCUT2D eigenvalue weighted by atomic mass is 9.76. The standard InChI is InChI=1S/C25H28F2N2O2/c26-21-8-5-17(13-22(21)27)16-29-11-9-25(10-12-29)15-18(14-24(30)28-19-6-7-19)20-3-1-2-4-23(20)31-25/h1-5,8,13,18-19H,6-7,9-12,14-16H2,(H,28,30). The molecule has 2 aromatic rings. The molecule has 1 aliphatic carbocycles. The molecule has 1 spiro atoms. The average Bonchev–Trinajstić information content (AvgIpc) is 3.56. The Kier molecular flexibility index (Phi) is 5.42. The van der Waals surface area contributed by atoms with Gasteiger partial charge in [-0.3, -0.25) is 9.69 Å². The van der Waals surface area contributed by atoms with Gasteiger partial charge in [-0.2, -0.15) is 0 Å². The van der Waals surface area contributed by atoms with Gasteiger partial charge in [0.1, 0.15) is 11.4 Å². The smallest absolute Gasteiger partial charge is 0.220 e. The third-order valence-electron chi connectivity index (χ3n) is 6.84. The molecule has 2 fully saturated rings. The van der Waals surface area contributed by atoms with Gasteiger partial charge in [0, 0.05) is 38.0 Å². The van der Waals surface area contributed by atoms with E-state index in [1.807, 2.05) is 18.2 Å². The summed E-state index contributed by atoms with van der Waals surface area (Å²) in [6.07, 6.45) is 5.22. The number of hydrogen-bond acceptors (Lipinski definition) is 3. The maximum Gasteiger partial charge on any atom is 0.220 e. The van der Waals surface area contributed by atoms with Crippen molar-refractivity contribution in [1.29, 1.82) is 0 Å². The third kappa shape index (κ3) is 4.59. The molecule has 2 heterocycles. The van der Waals surface area contributed by atoms with Crippen molar-refractivity contribution in [2.24, 2.45) is 0 Å². The number of benzene rings is 2. The summed E-state index contributed by atoms with van der Waals surface area (Å²) in [5.41, 5.74) is 1.63. The summed E-state index contributed by atoms with van der Waals surface area (Å²) in [6, 6.07) is 12.6. The molecule has 0 aromatic heterocycles. The summed E-state index contributed by atoms with van der Waals surface area (Å²) in [4.78, 5) is 14.8. The van der Waals surface area contributed by atoms with Crippen LogP contribution in [0.4, 0.5) is 8.78 Å². The highest BCUT2D eigenvalue weighted by atomic mass is 19.2. The van der Waals surface area contributed by atoms with Crippen LogP contribution in [0, 0.1) is 11.6 Å². The number of carbonyl (C=O) groups is 1. The van der Waals surface area contributed by atoms with Gasteiger partial charge >= 0.3 is 0 Å². The second kappa shape index (κ2) is 8.23. The fourth-order valence-electron chi connectivity index (χ4n) is 4.99. The minimum Gasteiger partial charge on any atom is -0.487 e. The molecule has 1 N–H and O–H groups in total. The Morgan fingerprint density at radius 3 is 2.61 bits per heavy atom. The fraction of sp³-hybridized carbons (Fsp3) is 0.480. The van der Waals surface area contributed by atoms with Gasteiger partial charge in [-0.1, -0.05) is 24.3 Å². The van der Waals surface area contributed by atoms with E-state index in [1.165, 1.54) is 12.1 Å². The third-order valence-corrected chi connectivity index (χ3v) is 6.84. The first-order valence-electron chi connectivity index (χ1n) is 11.2. The summed E-state index contributed by atoms with van der Waals surface area (Å²) in [5, 5.41) is 3.12. The van der Waals surface area contributed by atoms with E-state index in [2.05, 4.69) is 16.3 Å². The molecule has 31 heavy (non-hydrogen) atoms. The van der Waals surface area contributed by atoms with Crippen LogP contribution in [0.2, 0.25) is 0 Å². The molecular weight excluding hydrogens is 398 g/mol. The van der Waals surface area contributed by atoms with Gasteiger partial charge in [-0.15, -0.1) is 0 Å².